The van der Waals surface area contributed by atoms with E-state index < -0.39 is 0 Å². The monoisotopic (exact) mass is 379 g/mol. The van der Waals surface area contributed by atoms with Crippen LogP contribution in [0.5, 0.6) is 0 Å². The summed E-state index contributed by atoms with van der Waals surface area (Å²) in [5.41, 5.74) is 1.12. The third kappa shape index (κ3) is 5.02. The van der Waals surface area contributed by atoms with Crippen LogP contribution < -0.4 is 5.32 Å². The number of rotatable bonds is 4. The molecular weight excluding hydrogens is 357 g/mol. The van der Waals surface area contributed by atoms with E-state index in [4.69, 9.17) is 9.15 Å². The predicted octanol–water partition coefficient (Wildman–Crippen LogP) is 1.94. The molecule has 0 amide bonds. The van der Waals surface area contributed by atoms with Crippen LogP contribution in [-0.2, 0) is 11.3 Å². The number of hydrogen-bond acceptors (Lipinski definition) is 3. The normalized spacial score (nSPS) is 19.1. The molecule has 1 saturated heterocycles. The van der Waals surface area contributed by atoms with Gasteiger partial charge in [-0.3, -0.25) is 4.99 Å². The number of nitrogens with zero attached hydrogens (tertiary/aromatic N) is 2. The fourth-order valence-electron chi connectivity index (χ4n) is 2.16. The average molecular weight is 379 g/mol. The van der Waals surface area contributed by atoms with Gasteiger partial charge in [0.25, 0.3) is 0 Å². The number of ether oxygens (including phenoxy) is 1. The van der Waals surface area contributed by atoms with Crippen LogP contribution in [0.3, 0.4) is 0 Å². The topological polar surface area (TPSA) is 50.0 Å². The Morgan fingerprint density at radius 1 is 1.58 bits per heavy atom. The van der Waals surface area contributed by atoms with Gasteiger partial charge in [0.1, 0.15) is 0 Å². The van der Waals surface area contributed by atoms with Crippen molar-refractivity contribution in [3.05, 3.63) is 24.2 Å². The van der Waals surface area contributed by atoms with Crippen molar-refractivity contribution in [3.63, 3.8) is 0 Å². The molecule has 0 aromatic carbocycles. The quantitative estimate of drug-likeness (QED) is 0.494. The van der Waals surface area contributed by atoms with Gasteiger partial charge in [-0.2, -0.15) is 0 Å². The van der Waals surface area contributed by atoms with Crippen molar-refractivity contribution in [2.45, 2.75) is 13.0 Å². The number of nitrogens with one attached hydrogen (secondary N) is 1. The van der Waals surface area contributed by atoms with E-state index in [1.165, 1.54) is 0 Å². The Morgan fingerprint density at radius 3 is 3.00 bits per heavy atom. The minimum absolute atomic E-state index is 0. The molecule has 19 heavy (non-hydrogen) atoms. The Balaban J connectivity index is 0.00000180. The van der Waals surface area contributed by atoms with Gasteiger partial charge in [-0.1, -0.05) is 0 Å². The van der Waals surface area contributed by atoms with E-state index in [0.717, 1.165) is 44.2 Å². The molecule has 1 N–H and O–H groups in total. The summed E-state index contributed by atoms with van der Waals surface area (Å²) in [5, 5.41) is 3.32. The molecule has 5 nitrogen and oxygen atoms in total. The lowest BCUT2D eigenvalue weighted by Gasteiger charge is -2.24. The van der Waals surface area contributed by atoms with E-state index in [2.05, 4.69) is 22.3 Å². The molecule has 0 saturated carbocycles. The van der Waals surface area contributed by atoms with Crippen molar-refractivity contribution in [3.8, 4) is 0 Å². The predicted molar refractivity (Wildman–Crippen MR) is 85.9 cm³/mol. The molecule has 1 fully saturated rings. The summed E-state index contributed by atoms with van der Waals surface area (Å²) in [6.07, 6.45) is 4.56. The fraction of sp³-hybridized carbons (Fsp3) is 0.615. The minimum Gasteiger partial charge on any atom is -0.472 e. The van der Waals surface area contributed by atoms with Gasteiger partial charge in [-0.25, -0.2) is 0 Å². The molecule has 0 aliphatic carbocycles. The molecule has 1 aromatic heterocycles. The van der Waals surface area contributed by atoms with Crippen LogP contribution in [0.2, 0.25) is 0 Å². The first-order valence-corrected chi connectivity index (χ1v) is 6.30. The average Bonchev–Trinajstić information content (AvgIpc) is 3.02. The second-order valence-electron chi connectivity index (χ2n) is 4.64. The first-order chi connectivity index (χ1) is 8.79. The molecule has 1 aliphatic rings. The standard InChI is InChI=1S/C13H21N3O2.HI/c1-14-13(15-7-11-3-5-17-9-11)16(2)8-12-4-6-18-10-12;/h3,5,9,12H,4,6-8,10H2,1-2H3,(H,14,15);1H. The van der Waals surface area contributed by atoms with E-state index in [-0.39, 0.29) is 24.0 Å². The number of halogens is 1. The van der Waals surface area contributed by atoms with Gasteiger partial charge >= 0.3 is 0 Å². The molecule has 2 heterocycles. The van der Waals surface area contributed by atoms with Crippen molar-refractivity contribution in [1.29, 1.82) is 0 Å². The number of hydrogen-bond donors (Lipinski definition) is 1. The third-order valence-electron chi connectivity index (χ3n) is 3.16. The lowest BCUT2D eigenvalue weighted by molar-refractivity contribution is 0.181. The highest BCUT2D eigenvalue weighted by molar-refractivity contribution is 14.0. The minimum atomic E-state index is 0. The van der Waals surface area contributed by atoms with E-state index in [0.29, 0.717) is 5.92 Å². The largest absolute Gasteiger partial charge is 0.472 e. The maximum Gasteiger partial charge on any atom is 0.193 e. The van der Waals surface area contributed by atoms with Crippen LogP contribution in [0, 0.1) is 5.92 Å². The van der Waals surface area contributed by atoms with Gasteiger partial charge in [-0.05, 0) is 12.5 Å². The Hall–Kier alpha value is -0.760. The summed E-state index contributed by atoms with van der Waals surface area (Å²) in [5.74, 6) is 1.52. The highest BCUT2D eigenvalue weighted by Gasteiger charge is 2.18. The number of aliphatic imine (C=N–C) groups is 1. The molecule has 1 aromatic rings. The molecule has 1 atom stereocenters. The van der Waals surface area contributed by atoms with Crippen molar-refractivity contribution in [2.24, 2.45) is 10.9 Å². The summed E-state index contributed by atoms with van der Waals surface area (Å²) in [6.45, 7) is 3.46. The Morgan fingerprint density at radius 2 is 2.42 bits per heavy atom. The van der Waals surface area contributed by atoms with Gasteiger partial charge in [0.2, 0.25) is 0 Å². The molecular formula is C13H22IN3O2. The summed E-state index contributed by atoms with van der Waals surface area (Å²) in [6, 6.07) is 1.95. The molecule has 0 radical (unpaired) electrons. The van der Waals surface area contributed by atoms with Crippen molar-refractivity contribution in [2.75, 3.05) is 33.9 Å². The molecule has 108 valence electrons. The zero-order valence-electron chi connectivity index (χ0n) is 11.5. The van der Waals surface area contributed by atoms with Crippen LogP contribution >= 0.6 is 24.0 Å². The molecule has 6 heteroatoms. The highest BCUT2D eigenvalue weighted by Crippen LogP contribution is 2.13. The van der Waals surface area contributed by atoms with Gasteiger partial charge < -0.3 is 19.4 Å². The van der Waals surface area contributed by atoms with E-state index in [1.54, 1.807) is 19.6 Å². The van der Waals surface area contributed by atoms with Gasteiger partial charge in [0.15, 0.2) is 5.96 Å². The van der Waals surface area contributed by atoms with Crippen molar-refractivity contribution < 1.29 is 9.15 Å². The smallest absolute Gasteiger partial charge is 0.193 e. The first-order valence-electron chi connectivity index (χ1n) is 6.30. The van der Waals surface area contributed by atoms with Gasteiger partial charge in [0.05, 0.1) is 19.1 Å². The van der Waals surface area contributed by atoms with Crippen LogP contribution in [0.1, 0.15) is 12.0 Å². The summed E-state index contributed by atoms with van der Waals surface area (Å²) in [7, 11) is 3.86. The maximum atomic E-state index is 5.39. The van der Waals surface area contributed by atoms with E-state index in [1.807, 2.05) is 6.07 Å². The van der Waals surface area contributed by atoms with Crippen molar-refractivity contribution >= 4 is 29.9 Å². The molecule has 1 aliphatic heterocycles. The first kappa shape index (κ1) is 16.3. The fourth-order valence-corrected chi connectivity index (χ4v) is 2.16. The maximum absolute atomic E-state index is 5.39. The molecule has 0 bridgehead atoms. The Labute approximate surface area is 131 Å². The van der Waals surface area contributed by atoms with Crippen LogP contribution in [0.4, 0.5) is 0 Å². The molecule has 1 unspecified atom stereocenters. The van der Waals surface area contributed by atoms with Crippen LogP contribution in [0.25, 0.3) is 0 Å². The zero-order chi connectivity index (χ0) is 12.8. The Kier molecular flexibility index (Phi) is 7.22. The summed E-state index contributed by atoms with van der Waals surface area (Å²) in [4.78, 5) is 6.44. The third-order valence-corrected chi connectivity index (χ3v) is 3.16. The van der Waals surface area contributed by atoms with Gasteiger partial charge in [0, 0.05) is 45.3 Å². The lowest BCUT2D eigenvalue weighted by Crippen LogP contribution is -2.41. The number of furan rings is 1. The zero-order valence-corrected chi connectivity index (χ0v) is 13.8. The van der Waals surface area contributed by atoms with Crippen molar-refractivity contribution in [1.82, 2.24) is 10.2 Å². The SMILES string of the molecule is CN=C(NCc1ccoc1)N(C)CC1CCOC1.I. The second kappa shape index (κ2) is 8.42. The Bertz CT molecular complexity index is 375. The van der Waals surface area contributed by atoms with Crippen LogP contribution in [0.15, 0.2) is 28.0 Å². The summed E-state index contributed by atoms with van der Waals surface area (Å²) >= 11 is 0. The highest BCUT2D eigenvalue weighted by atomic mass is 127. The lowest BCUT2D eigenvalue weighted by atomic mass is 10.1. The summed E-state index contributed by atoms with van der Waals surface area (Å²) < 4.78 is 10.4. The van der Waals surface area contributed by atoms with E-state index in [9.17, 15) is 0 Å². The number of guanidine groups is 1. The van der Waals surface area contributed by atoms with Gasteiger partial charge in [-0.15, -0.1) is 24.0 Å². The van der Waals surface area contributed by atoms with Crippen LogP contribution in [-0.4, -0.2) is 44.7 Å². The second-order valence-corrected chi connectivity index (χ2v) is 4.64. The molecule has 2 rings (SSSR count). The van der Waals surface area contributed by atoms with E-state index >= 15 is 0 Å². The molecule has 0 spiro atoms.